The van der Waals surface area contributed by atoms with Crippen LogP contribution in [0.1, 0.15) is 11.1 Å². The predicted octanol–water partition coefficient (Wildman–Crippen LogP) is 2.97. The van der Waals surface area contributed by atoms with E-state index in [4.69, 9.17) is 21.1 Å². The second kappa shape index (κ2) is 7.66. The van der Waals surface area contributed by atoms with E-state index in [1.165, 1.54) is 0 Å². The van der Waals surface area contributed by atoms with Crippen LogP contribution in [0.25, 0.3) is 0 Å². The zero-order valence-corrected chi connectivity index (χ0v) is 16.4. The van der Waals surface area contributed by atoms with Crippen LogP contribution < -0.4 is 19.5 Å². The Morgan fingerprint density at radius 2 is 1.93 bits per heavy atom. The first kappa shape index (κ1) is 19.3. The van der Waals surface area contributed by atoms with E-state index in [-0.39, 0.29) is 12.3 Å². The van der Waals surface area contributed by atoms with Crippen LogP contribution in [0.4, 0.5) is 11.4 Å². The van der Waals surface area contributed by atoms with Crippen LogP contribution in [0.3, 0.4) is 0 Å². The van der Waals surface area contributed by atoms with Crippen molar-refractivity contribution in [1.29, 1.82) is 0 Å². The van der Waals surface area contributed by atoms with E-state index >= 15 is 0 Å². The summed E-state index contributed by atoms with van der Waals surface area (Å²) in [5.41, 5.74) is 2.33. The molecule has 9 heteroatoms. The van der Waals surface area contributed by atoms with Gasteiger partial charge in [-0.1, -0.05) is 17.7 Å². The Bertz CT molecular complexity index is 991. The Balaban J connectivity index is 1.73. The Kier molecular flexibility index (Phi) is 5.48. The number of carbonyl (C=O) groups excluding carboxylic acids is 1. The molecule has 2 aromatic rings. The van der Waals surface area contributed by atoms with Gasteiger partial charge in [0.15, 0.2) is 11.5 Å². The summed E-state index contributed by atoms with van der Waals surface area (Å²) in [6, 6.07) is 8.40. The third-order valence-electron chi connectivity index (χ3n) is 3.84. The minimum atomic E-state index is -3.41. The van der Waals surface area contributed by atoms with E-state index in [0.29, 0.717) is 46.7 Å². The molecule has 0 aromatic heterocycles. The first-order chi connectivity index (χ1) is 12.7. The second-order valence-corrected chi connectivity index (χ2v) is 8.39. The quantitative estimate of drug-likeness (QED) is 0.790. The van der Waals surface area contributed by atoms with Crippen LogP contribution in [0, 0.1) is 6.92 Å². The van der Waals surface area contributed by atoms with E-state index in [9.17, 15) is 13.2 Å². The lowest BCUT2D eigenvalue weighted by atomic mass is 10.1. The maximum Gasteiger partial charge on any atom is 0.229 e. The fraction of sp³-hybridized carbons (Fsp3) is 0.278. The number of hydrogen-bond donors (Lipinski definition) is 2. The number of amides is 1. The van der Waals surface area contributed by atoms with Gasteiger partial charge < -0.3 is 14.8 Å². The molecule has 1 heterocycles. The molecule has 0 atom stereocenters. The number of fused-ring (bicyclic) bond motifs is 1. The lowest BCUT2D eigenvalue weighted by Gasteiger charge is -2.20. The molecule has 3 rings (SSSR count). The molecule has 27 heavy (non-hydrogen) atoms. The second-order valence-electron chi connectivity index (χ2n) is 6.23. The van der Waals surface area contributed by atoms with Crippen LogP contribution in [-0.4, -0.2) is 33.8 Å². The highest BCUT2D eigenvalue weighted by Crippen LogP contribution is 2.38. The monoisotopic (exact) mass is 410 g/mol. The molecule has 0 saturated heterocycles. The molecule has 2 aromatic carbocycles. The van der Waals surface area contributed by atoms with E-state index < -0.39 is 10.0 Å². The molecular formula is C18H19ClN2O5S. The normalized spacial score (nSPS) is 13.1. The van der Waals surface area contributed by atoms with Gasteiger partial charge in [0, 0.05) is 5.69 Å². The molecule has 0 unspecified atom stereocenters. The smallest absolute Gasteiger partial charge is 0.229 e. The molecule has 144 valence electrons. The number of aryl methyl sites for hydroxylation is 1. The summed E-state index contributed by atoms with van der Waals surface area (Å²) in [6.07, 6.45) is 1.16. The van der Waals surface area contributed by atoms with Gasteiger partial charge in [-0.15, -0.1) is 0 Å². The van der Waals surface area contributed by atoms with Gasteiger partial charge >= 0.3 is 0 Å². The number of rotatable bonds is 5. The number of hydrogen-bond acceptors (Lipinski definition) is 5. The molecule has 1 aliphatic heterocycles. The largest absolute Gasteiger partial charge is 0.486 e. The number of ether oxygens (including phenoxy) is 2. The first-order valence-electron chi connectivity index (χ1n) is 8.17. The molecule has 1 aliphatic rings. The van der Waals surface area contributed by atoms with Gasteiger partial charge in [-0.3, -0.25) is 9.52 Å². The van der Waals surface area contributed by atoms with Gasteiger partial charge in [0.25, 0.3) is 0 Å². The minimum absolute atomic E-state index is 0.0824. The van der Waals surface area contributed by atoms with E-state index in [1.807, 2.05) is 0 Å². The summed E-state index contributed by atoms with van der Waals surface area (Å²) >= 11 is 6.19. The number of benzene rings is 2. The van der Waals surface area contributed by atoms with Crippen LogP contribution in [0.15, 0.2) is 30.3 Å². The Hall–Kier alpha value is -2.45. The van der Waals surface area contributed by atoms with Crippen molar-refractivity contribution in [2.75, 3.05) is 29.5 Å². The van der Waals surface area contributed by atoms with Gasteiger partial charge in [0.2, 0.25) is 15.9 Å². The zero-order chi connectivity index (χ0) is 19.6. The SMILES string of the molecule is Cc1ccc(NC(=O)Cc2cc(Cl)c3c(c2)OCCO3)cc1NS(C)(=O)=O. The maximum atomic E-state index is 12.4. The van der Waals surface area contributed by atoms with Crippen molar-refractivity contribution in [3.63, 3.8) is 0 Å². The fourth-order valence-corrected chi connectivity index (χ4v) is 3.57. The van der Waals surface area contributed by atoms with Crippen molar-refractivity contribution in [2.45, 2.75) is 13.3 Å². The molecular weight excluding hydrogens is 392 g/mol. The average Bonchev–Trinajstić information content (AvgIpc) is 2.56. The van der Waals surface area contributed by atoms with Crippen molar-refractivity contribution in [1.82, 2.24) is 0 Å². The highest BCUT2D eigenvalue weighted by molar-refractivity contribution is 7.92. The molecule has 2 N–H and O–H groups in total. The number of nitrogens with one attached hydrogen (secondary N) is 2. The molecule has 1 amide bonds. The van der Waals surface area contributed by atoms with E-state index in [2.05, 4.69) is 10.0 Å². The standard InChI is InChI=1S/C18H19ClN2O5S/c1-11-3-4-13(10-15(11)21-27(2,23)24)20-17(22)9-12-7-14(19)18-16(8-12)25-5-6-26-18/h3-4,7-8,10,21H,5-6,9H2,1-2H3,(H,20,22). The predicted molar refractivity (Wildman–Crippen MR) is 104 cm³/mol. The van der Waals surface area contributed by atoms with Crippen LogP contribution in [0.2, 0.25) is 5.02 Å². The van der Waals surface area contributed by atoms with Gasteiger partial charge in [-0.2, -0.15) is 0 Å². The van der Waals surface area contributed by atoms with Crippen molar-refractivity contribution < 1.29 is 22.7 Å². The van der Waals surface area contributed by atoms with Crippen LogP contribution in [0.5, 0.6) is 11.5 Å². The van der Waals surface area contributed by atoms with E-state index in [1.54, 1.807) is 37.3 Å². The summed E-state index contributed by atoms with van der Waals surface area (Å²) in [5.74, 6) is 0.741. The van der Waals surface area contributed by atoms with E-state index in [0.717, 1.165) is 11.8 Å². The Morgan fingerprint density at radius 3 is 2.67 bits per heavy atom. The Morgan fingerprint density at radius 1 is 1.19 bits per heavy atom. The lowest BCUT2D eigenvalue weighted by Crippen LogP contribution is -2.17. The molecule has 0 fully saturated rings. The van der Waals surface area contributed by atoms with Crippen molar-refractivity contribution in [3.05, 3.63) is 46.5 Å². The summed E-state index contributed by atoms with van der Waals surface area (Å²) in [6.45, 7) is 2.64. The summed E-state index contributed by atoms with van der Waals surface area (Å²) in [5, 5.41) is 3.15. The minimum Gasteiger partial charge on any atom is -0.486 e. The Labute approximate surface area is 162 Å². The third kappa shape index (κ3) is 5.05. The number of anilines is 2. The van der Waals surface area contributed by atoms with Gasteiger partial charge in [-0.25, -0.2) is 8.42 Å². The van der Waals surface area contributed by atoms with Crippen molar-refractivity contribution >= 4 is 38.9 Å². The van der Waals surface area contributed by atoms with Gasteiger partial charge in [0.05, 0.1) is 23.4 Å². The topological polar surface area (TPSA) is 93.7 Å². The zero-order valence-electron chi connectivity index (χ0n) is 14.8. The highest BCUT2D eigenvalue weighted by atomic mass is 35.5. The number of halogens is 1. The summed E-state index contributed by atoms with van der Waals surface area (Å²) in [4.78, 5) is 12.4. The summed E-state index contributed by atoms with van der Waals surface area (Å²) in [7, 11) is -3.41. The third-order valence-corrected chi connectivity index (χ3v) is 4.71. The first-order valence-corrected chi connectivity index (χ1v) is 10.4. The molecule has 0 saturated carbocycles. The molecule has 0 radical (unpaired) electrons. The van der Waals surface area contributed by atoms with Crippen molar-refractivity contribution in [3.8, 4) is 11.5 Å². The molecule has 0 spiro atoms. The average molecular weight is 411 g/mol. The maximum absolute atomic E-state index is 12.4. The van der Waals surface area contributed by atoms with Crippen LogP contribution >= 0.6 is 11.6 Å². The number of sulfonamides is 1. The fourth-order valence-electron chi connectivity index (χ4n) is 2.67. The lowest BCUT2D eigenvalue weighted by molar-refractivity contribution is -0.115. The molecule has 7 nitrogen and oxygen atoms in total. The highest BCUT2D eigenvalue weighted by Gasteiger charge is 2.18. The van der Waals surface area contributed by atoms with Crippen LogP contribution in [-0.2, 0) is 21.2 Å². The van der Waals surface area contributed by atoms with Gasteiger partial charge in [0.1, 0.15) is 13.2 Å². The summed E-state index contributed by atoms with van der Waals surface area (Å²) < 4.78 is 36.3. The van der Waals surface area contributed by atoms with Crippen molar-refractivity contribution in [2.24, 2.45) is 0 Å². The molecule has 0 aliphatic carbocycles. The van der Waals surface area contributed by atoms with Gasteiger partial charge in [-0.05, 0) is 42.3 Å². The molecule has 0 bridgehead atoms. The number of carbonyl (C=O) groups is 1.